The SMILES string of the molecule is CC(C)(CN1CCOCC1)CN1CCCn2nc([C@@H](O)C3CC3)cc2C1. The third-order valence-electron chi connectivity index (χ3n) is 5.89. The number of fused-ring (bicyclic) bond motifs is 1. The summed E-state index contributed by atoms with van der Waals surface area (Å²) in [5.41, 5.74) is 2.40. The number of hydrogen-bond donors (Lipinski definition) is 1. The van der Waals surface area contributed by atoms with E-state index in [9.17, 15) is 5.11 Å². The second-order valence-electron chi connectivity index (χ2n) is 9.18. The van der Waals surface area contributed by atoms with Crippen molar-refractivity contribution in [2.75, 3.05) is 45.9 Å². The van der Waals surface area contributed by atoms with E-state index in [1.165, 1.54) is 5.69 Å². The lowest BCUT2D eigenvalue weighted by Crippen LogP contribution is -2.46. The van der Waals surface area contributed by atoms with Gasteiger partial charge in [-0.25, -0.2) is 0 Å². The fourth-order valence-electron chi connectivity index (χ4n) is 4.50. The Morgan fingerprint density at radius 1 is 1.15 bits per heavy atom. The summed E-state index contributed by atoms with van der Waals surface area (Å²) in [6.07, 6.45) is 3.05. The smallest absolute Gasteiger partial charge is 0.101 e. The second-order valence-corrected chi connectivity index (χ2v) is 9.18. The van der Waals surface area contributed by atoms with Crippen molar-refractivity contribution in [1.82, 2.24) is 19.6 Å². The van der Waals surface area contributed by atoms with E-state index in [1.807, 2.05) is 0 Å². The lowest BCUT2D eigenvalue weighted by molar-refractivity contribution is 0.0146. The third-order valence-corrected chi connectivity index (χ3v) is 5.89. The molecule has 6 heteroatoms. The molecule has 1 atom stereocenters. The van der Waals surface area contributed by atoms with Gasteiger partial charge in [-0.05, 0) is 36.7 Å². The fourth-order valence-corrected chi connectivity index (χ4v) is 4.50. The minimum atomic E-state index is -0.361. The molecular weight excluding hydrogens is 328 g/mol. The van der Waals surface area contributed by atoms with Crippen molar-refractivity contribution in [3.05, 3.63) is 17.5 Å². The van der Waals surface area contributed by atoms with E-state index in [1.54, 1.807) is 0 Å². The molecule has 1 saturated heterocycles. The van der Waals surface area contributed by atoms with Crippen molar-refractivity contribution in [2.45, 2.75) is 52.3 Å². The minimum Gasteiger partial charge on any atom is -0.386 e. The van der Waals surface area contributed by atoms with E-state index < -0.39 is 0 Å². The molecule has 0 spiro atoms. The first-order chi connectivity index (χ1) is 12.5. The summed E-state index contributed by atoms with van der Waals surface area (Å²) in [4.78, 5) is 5.11. The van der Waals surface area contributed by atoms with Crippen LogP contribution in [0.5, 0.6) is 0 Å². The zero-order chi connectivity index (χ0) is 18.1. The normalized spacial score (nSPS) is 24.3. The largest absolute Gasteiger partial charge is 0.386 e. The highest BCUT2D eigenvalue weighted by Crippen LogP contribution is 2.40. The summed E-state index contributed by atoms with van der Waals surface area (Å²) < 4.78 is 7.62. The topological polar surface area (TPSA) is 53.8 Å². The van der Waals surface area contributed by atoms with Crippen LogP contribution in [0.25, 0.3) is 0 Å². The van der Waals surface area contributed by atoms with Gasteiger partial charge in [0.25, 0.3) is 0 Å². The predicted molar refractivity (Wildman–Crippen MR) is 101 cm³/mol. The van der Waals surface area contributed by atoms with E-state index >= 15 is 0 Å². The van der Waals surface area contributed by atoms with Gasteiger partial charge < -0.3 is 9.84 Å². The predicted octanol–water partition coefficient (Wildman–Crippen LogP) is 1.89. The van der Waals surface area contributed by atoms with Crippen molar-refractivity contribution in [1.29, 1.82) is 0 Å². The maximum absolute atomic E-state index is 10.4. The molecule has 0 aromatic carbocycles. The maximum Gasteiger partial charge on any atom is 0.101 e. The summed E-state index contributed by atoms with van der Waals surface area (Å²) >= 11 is 0. The number of morpholine rings is 1. The number of rotatable bonds is 6. The Labute approximate surface area is 157 Å². The molecule has 6 nitrogen and oxygen atoms in total. The summed E-state index contributed by atoms with van der Waals surface area (Å²) in [7, 11) is 0. The molecule has 0 radical (unpaired) electrons. The molecule has 146 valence electrons. The van der Waals surface area contributed by atoms with Crippen LogP contribution in [0.2, 0.25) is 0 Å². The van der Waals surface area contributed by atoms with Gasteiger partial charge in [0.1, 0.15) is 6.10 Å². The van der Waals surface area contributed by atoms with Gasteiger partial charge in [-0.1, -0.05) is 13.8 Å². The van der Waals surface area contributed by atoms with Crippen LogP contribution < -0.4 is 0 Å². The van der Waals surface area contributed by atoms with Gasteiger partial charge in [0.2, 0.25) is 0 Å². The standard InChI is InChI=1S/C20H34N4O2/c1-20(2,14-22-8-10-26-11-9-22)15-23-6-3-7-24-17(13-23)12-18(21-24)19(25)16-4-5-16/h12,16,19,25H,3-11,13-15H2,1-2H3/t19-/m0/s1. The highest BCUT2D eigenvalue weighted by atomic mass is 16.5. The van der Waals surface area contributed by atoms with Gasteiger partial charge in [0.05, 0.1) is 24.6 Å². The van der Waals surface area contributed by atoms with Crippen LogP contribution in [-0.2, 0) is 17.8 Å². The second kappa shape index (κ2) is 7.58. The molecule has 2 aliphatic heterocycles. The molecule has 1 saturated carbocycles. The van der Waals surface area contributed by atoms with E-state index in [2.05, 4.69) is 34.4 Å². The first-order valence-electron chi connectivity index (χ1n) is 10.3. The zero-order valence-electron chi connectivity index (χ0n) is 16.4. The number of aromatic nitrogens is 2. The Kier molecular flexibility index (Phi) is 5.37. The number of nitrogens with zero attached hydrogens (tertiary/aromatic N) is 4. The number of aryl methyl sites for hydroxylation is 1. The summed E-state index contributed by atoms with van der Waals surface area (Å²) in [6, 6.07) is 2.15. The van der Waals surface area contributed by atoms with Gasteiger partial charge in [-0.2, -0.15) is 5.10 Å². The van der Waals surface area contributed by atoms with Gasteiger partial charge in [0, 0.05) is 45.8 Å². The summed E-state index contributed by atoms with van der Waals surface area (Å²) in [6.45, 7) is 13.8. The fraction of sp³-hybridized carbons (Fsp3) is 0.850. The molecule has 0 amide bonds. The van der Waals surface area contributed by atoms with E-state index in [4.69, 9.17) is 9.84 Å². The van der Waals surface area contributed by atoms with Gasteiger partial charge in [0.15, 0.2) is 0 Å². The molecule has 1 N–H and O–H groups in total. The van der Waals surface area contributed by atoms with Crippen molar-refractivity contribution in [3.63, 3.8) is 0 Å². The maximum atomic E-state index is 10.4. The van der Waals surface area contributed by atoms with E-state index in [0.717, 1.165) is 84.0 Å². The van der Waals surface area contributed by atoms with Gasteiger partial charge in [-0.15, -0.1) is 0 Å². The van der Waals surface area contributed by atoms with Crippen LogP contribution in [-0.4, -0.2) is 70.6 Å². The van der Waals surface area contributed by atoms with Crippen LogP contribution in [0.1, 0.15) is 50.6 Å². The highest BCUT2D eigenvalue weighted by Gasteiger charge is 2.33. The molecule has 1 aromatic rings. The Morgan fingerprint density at radius 2 is 1.88 bits per heavy atom. The molecule has 1 aliphatic carbocycles. The van der Waals surface area contributed by atoms with Gasteiger partial charge in [-0.3, -0.25) is 14.5 Å². The summed E-state index contributed by atoms with van der Waals surface area (Å²) in [5, 5.41) is 15.1. The average molecular weight is 363 g/mol. The number of hydrogen-bond acceptors (Lipinski definition) is 5. The Bertz CT molecular complexity index is 605. The lowest BCUT2D eigenvalue weighted by Gasteiger charge is -2.37. The van der Waals surface area contributed by atoms with Crippen molar-refractivity contribution >= 4 is 0 Å². The van der Waals surface area contributed by atoms with Crippen molar-refractivity contribution < 1.29 is 9.84 Å². The Morgan fingerprint density at radius 3 is 2.62 bits per heavy atom. The molecule has 26 heavy (non-hydrogen) atoms. The number of aliphatic hydroxyl groups excluding tert-OH is 1. The average Bonchev–Trinajstić information content (AvgIpc) is 3.39. The molecule has 3 heterocycles. The lowest BCUT2D eigenvalue weighted by atomic mass is 9.91. The first kappa shape index (κ1) is 18.4. The van der Waals surface area contributed by atoms with Crippen molar-refractivity contribution in [2.24, 2.45) is 11.3 Å². The molecule has 3 aliphatic rings. The molecule has 0 unspecified atom stereocenters. The van der Waals surface area contributed by atoms with E-state index in [-0.39, 0.29) is 11.5 Å². The molecule has 0 bridgehead atoms. The highest BCUT2D eigenvalue weighted by molar-refractivity contribution is 5.15. The molecule has 2 fully saturated rings. The van der Waals surface area contributed by atoms with Crippen LogP contribution in [0.3, 0.4) is 0 Å². The molecular formula is C20H34N4O2. The molecule has 4 rings (SSSR count). The zero-order valence-corrected chi connectivity index (χ0v) is 16.4. The Balaban J connectivity index is 1.38. The van der Waals surface area contributed by atoms with Gasteiger partial charge >= 0.3 is 0 Å². The van der Waals surface area contributed by atoms with Crippen LogP contribution in [0, 0.1) is 11.3 Å². The number of aliphatic hydroxyl groups is 1. The van der Waals surface area contributed by atoms with Crippen LogP contribution in [0.4, 0.5) is 0 Å². The molecule has 1 aromatic heterocycles. The Hall–Kier alpha value is -0.950. The number of ether oxygens (including phenoxy) is 1. The third kappa shape index (κ3) is 4.47. The summed E-state index contributed by atoms with van der Waals surface area (Å²) in [5.74, 6) is 0.442. The van der Waals surface area contributed by atoms with Crippen molar-refractivity contribution in [3.8, 4) is 0 Å². The van der Waals surface area contributed by atoms with E-state index in [0.29, 0.717) is 5.92 Å². The van der Waals surface area contributed by atoms with Crippen LogP contribution >= 0.6 is 0 Å². The first-order valence-corrected chi connectivity index (χ1v) is 10.3. The quantitative estimate of drug-likeness (QED) is 0.838. The van der Waals surface area contributed by atoms with Crippen LogP contribution in [0.15, 0.2) is 6.07 Å². The minimum absolute atomic E-state index is 0.253. The monoisotopic (exact) mass is 362 g/mol.